The number of oxazole rings is 1. The van der Waals surface area contributed by atoms with E-state index in [1.807, 2.05) is 32.0 Å². The number of carbonyl (C=O) groups excluding carboxylic acids is 2. The Kier molecular flexibility index (Phi) is 11.5. The van der Waals surface area contributed by atoms with Crippen LogP contribution in [-0.2, 0) is 19.4 Å². The number of aryl methyl sites for hydroxylation is 1. The SMILES string of the molecule is CCCC(C)C(=O)c1cc(C(=O)N[C@@H](Cc2cc(F)cc(F)c2)[C@H](O)CNCc2cccc(CC)c2)cc(-c2ncco2)c1. The Morgan fingerprint density at radius 2 is 1.68 bits per heavy atom. The zero-order valence-electron chi connectivity index (χ0n) is 25.3. The highest BCUT2D eigenvalue weighted by Gasteiger charge is 2.25. The molecule has 0 bridgehead atoms. The van der Waals surface area contributed by atoms with Crippen molar-refractivity contribution in [1.29, 1.82) is 0 Å². The van der Waals surface area contributed by atoms with Gasteiger partial charge < -0.3 is 20.2 Å². The Balaban J connectivity index is 1.59. The normalized spacial score (nSPS) is 13.3. The summed E-state index contributed by atoms with van der Waals surface area (Å²) in [6.07, 6.45) is 4.15. The molecular weight excluding hydrogens is 564 g/mol. The monoisotopic (exact) mass is 603 g/mol. The molecule has 1 aromatic heterocycles. The van der Waals surface area contributed by atoms with Crippen molar-refractivity contribution in [2.24, 2.45) is 5.92 Å². The molecule has 0 aliphatic carbocycles. The number of aliphatic hydroxyl groups is 1. The number of Topliss-reactive ketones (excluding diaryl/α,β-unsaturated/α-hetero) is 1. The molecule has 0 radical (unpaired) electrons. The molecule has 0 aliphatic heterocycles. The maximum absolute atomic E-state index is 14.0. The lowest BCUT2D eigenvalue weighted by Gasteiger charge is -2.25. The predicted molar refractivity (Wildman–Crippen MR) is 165 cm³/mol. The van der Waals surface area contributed by atoms with E-state index in [-0.39, 0.29) is 41.7 Å². The molecule has 4 aromatic rings. The molecule has 0 saturated heterocycles. The highest BCUT2D eigenvalue weighted by Crippen LogP contribution is 2.24. The van der Waals surface area contributed by atoms with Crippen LogP contribution in [0.3, 0.4) is 0 Å². The molecule has 44 heavy (non-hydrogen) atoms. The van der Waals surface area contributed by atoms with Crippen LogP contribution in [-0.4, -0.2) is 40.5 Å². The van der Waals surface area contributed by atoms with Crippen molar-refractivity contribution < 1.29 is 27.9 Å². The van der Waals surface area contributed by atoms with Gasteiger partial charge in [-0.1, -0.05) is 51.5 Å². The van der Waals surface area contributed by atoms with E-state index in [0.29, 0.717) is 24.1 Å². The van der Waals surface area contributed by atoms with Crippen molar-refractivity contribution in [2.75, 3.05) is 6.54 Å². The summed E-state index contributed by atoms with van der Waals surface area (Å²) >= 11 is 0. The number of halogens is 2. The second-order valence-electron chi connectivity index (χ2n) is 11.1. The quantitative estimate of drug-likeness (QED) is 0.138. The zero-order chi connectivity index (χ0) is 31.6. The van der Waals surface area contributed by atoms with E-state index < -0.39 is 29.7 Å². The summed E-state index contributed by atoms with van der Waals surface area (Å²) in [5.41, 5.74) is 3.47. The minimum Gasteiger partial charge on any atom is -0.445 e. The van der Waals surface area contributed by atoms with Gasteiger partial charge in [0.2, 0.25) is 5.89 Å². The summed E-state index contributed by atoms with van der Waals surface area (Å²) in [6, 6.07) is 15.0. The van der Waals surface area contributed by atoms with Gasteiger partial charge in [-0.25, -0.2) is 13.8 Å². The number of benzene rings is 3. The summed E-state index contributed by atoms with van der Waals surface area (Å²) < 4.78 is 33.5. The summed E-state index contributed by atoms with van der Waals surface area (Å²) in [7, 11) is 0. The lowest BCUT2D eigenvalue weighted by atomic mass is 9.92. The van der Waals surface area contributed by atoms with Gasteiger partial charge in [0.1, 0.15) is 17.9 Å². The first-order valence-corrected chi connectivity index (χ1v) is 15.0. The number of hydrogen-bond acceptors (Lipinski definition) is 6. The van der Waals surface area contributed by atoms with Crippen molar-refractivity contribution in [3.05, 3.63) is 113 Å². The van der Waals surface area contributed by atoms with Gasteiger partial charge in [-0.3, -0.25) is 9.59 Å². The Morgan fingerprint density at radius 3 is 2.36 bits per heavy atom. The summed E-state index contributed by atoms with van der Waals surface area (Å²) in [5.74, 6) is -2.19. The molecule has 3 atom stereocenters. The summed E-state index contributed by atoms with van der Waals surface area (Å²) in [6.45, 7) is 6.51. The van der Waals surface area contributed by atoms with Gasteiger partial charge in [0.25, 0.3) is 5.91 Å². The van der Waals surface area contributed by atoms with Crippen LogP contribution in [0.15, 0.2) is 77.5 Å². The van der Waals surface area contributed by atoms with Gasteiger partial charge >= 0.3 is 0 Å². The Bertz CT molecular complexity index is 1540. The number of ketones is 1. The van der Waals surface area contributed by atoms with Gasteiger partial charge in [0.15, 0.2) is 5.78 Å². The molecule has 232 valence electrons. The lowest BCUT2D eigenvalue weighted by Crippen LogP contribution is -2.48. The van der Waals surface area contributed by atoms with E-state index in [2.05, 4.69) is 28.6 Å². The molecule has 1 heterocycles. The molecule has 1 amide bonds. The molecule has 3 aromatic carbocycles. The van der Waals surface area contributed by atoms with Gasteiger partial charge in [0, 0.05) is 41.8 Å². The van der Waals surface area contributed by atoms with Crippen LogP contribution in [0, 0.1) is 17.6 Å². The van der Waals surface area contributed by atoms with E-state index in [1.54, 1.807) is 12.1 Å². The van der Waals surface area contributed by atoms with Gasteiger partial charge in [-0.2, -0.15) is 0 Å². The third kappa shape index (κ3) is 8.90. The van der Waals surface area contributed by atoms with Crippen molar-refractivity contribution in [2.45, 2.75) is 65.1 Å². The standard InChI is InChI=1S/C35H39F2N3O4/c1-4-7-22(3)33(42)26-16-27(18-28(17-26)35-39-10-11-44-35)34(43)40-31(15-25-13-29(36)19-30(37)14-25)32(41)21-38-20-24-9-6-8-23(5-2)12-24/h6,8-14,16-19,22,31-32,38,41H,4-5,7,15,20-21H2,1-3H3,(H,40,43)/t22?,31-,32+/m0/s1. The fourth-order valence-electron chi connectivity index (χ4n) is 5.22. The molecule has 4 rings (SSSR count). The van der Waals surface area contributed by atoms with Crippen molar-refractivity contribution in [3.8, 4) is 11.5 Å². The van der Waals surface area contributed by atoms with E-state index in [1.165, 1.54) is 36.2 Å². The van der Waals surface area contributed by atoms with Crippen LogP contribution in [0.4, 0.5) is 8.78 Å². The number of carbonyl (C=O) groups is 2. The second-order valence-corrected chi connectivity index (χ2v) is 11.1. The number of aromatic nitrogens is 1. The Hall–Kier alpha value is -4.21. The molecule has 7 nitrogen and oxygen atoms in total. The fourth-order valence-corrected chi connectivity index (χ4v) is 5.22. The maximum Gasteiger partial charge on any atom is 0.251 e. The Morgan fingerprint density at radius 1 is 0.955 bits per heavy atom. The van der Waals surface area contributed by atoms with Crippen molar-refractivity contribution in [1.82, 2.24) is 15.6 Å². The molecule has 0 aliphatic rings. The molecule has 0 spiro atoms. The Labute approximate surface area is 256 Å². The third-order valence-electron chi connectivity index (χ3n) is 7.57. The largest absolute Gasteiger partial charge is 0.445 e. The van der Waals surface area contributed by atoms with Gasteiger partial charge in [0.05, 0.1) is 18.3 Å². The molecule has 9 heteroatoms. The topological polar surface area (TPSA) is 104 Å². The van der Waals surface area contributed by atoms with Crippen molar-refractivity contribution in [3.63, 3.8) is 0 Å². The minimum atomic E-state index is -1.11. The zero-order valence-corrected chi connectivity index (χ0v) is 25.3. The van der Waals surface area contributed by atoms with Gasteiger partial charge in [-0.15, -0.1) is 0 Å². The average molecular weight is 604 g/mol. The van der Waals surface area contributed by atoms with Crippen LogP contribution in [0.25, 0.3) is 11.5 Å². The molecule has 0 fully saturated rings. The number of amides is 1. The number of nitrogens with one attached hydrogen (secondary N) is 2. The first-order chi connectivity index (χ1) is 21.2. The summed E-state index contributed by atoms with van der Waals surface area (Å²) in [5, 5.41) is 17.3. The van der Waals surface area contributed by atoms with E-state index in [0.717, 1.165) is 24.5 Å². The molecular formula is C35H39F2N3O4. The smallest absolute Gasteiger partial charge is 0.251 e. The van der Waals surface area contributed by atoms with E-state index in [4.69, 9.17) is 4.42 Å². The maximum atomic E-state index is 14.0. The minimum absolute atomic E-state index is 0.0344. The molecule has 3 N–H and O–H groups in total. The highest BCUT2D eigenvalue weighted by molar-refractivity contribution is 6.03. The predicted octanol–water partition coefficient (Wildman–Crippen LogP) is 6.29. The highest BCUT2D eigenvalue weighted by atomic mass is 19.1. The third-order valence-corrected chi connectivity index (χ3v) is 7.57. The van der Waals surface area contributed by atoms with Crippen LogP contribution >= 0.6 is 0 Å². The number of nitrogens with zero attached hydrogens (tertiary/aromatic N) is 1. The number of aliphatic hydroxyl groups excluding tert-OH is 1. The number of hydrogen-bond donors (Lipinski definition) is 3. The molecule has 0 saturated carbocycles. The lowest BCUT2D eigenvalue weighted by molar-refractivity contribution is 0.0830. The summed E-state index contributed by atoms with van der Waals surface area (Å²) in [4.78, 5) is 31.1. The van der Waals surface area contributed by atoms with Crippen LogP contribution in [0.5, 0.6) is 0 Å². The van der Waals surface area contributed by atoms with Crippen LogP contribution in [0.2, 0.25) is 0 Å². The number of rotatable bonds is 15. The van der Waals surface area contributed by atoms with E-state index in [9.17, 15) is 23.5 Å². The van der Waals surface area contributed by atoms with Crippen LogP contribution < -0.4 is 10.6 Å². The fraction of sp³-hybridized carbons (Fsp3) is 0.343. The van der Waals surface area contributed by atoms with Crippen molar-refractivity contribution >= 4 is 11.7 Å². The first-order valence-electron chi connectivity index (χ1n) is 15.0. The second kappa shape index (κ2) is 15.5. The molecule has 1 unspecified atom stereocenters. The first kappa shape index (κ1) is 32.7. The van der Waals surface area contributed by atoms with E-state index >= 15 is 0 Å². The van der Waals surface area contributed by atoms with Crippen LogP contribution in [0.1, 0.15) is 71.0 Å². The van der Waals surface area contributed by atoms with Gasteiger partial charge in [-0.05, 0) is 66.3 Å². The average Bonchev–Trinajstić information content (AvgIpc) is 3.55.